The predicted molar refractivity (Wildman–Crippen MR) is 109 cm³/mol. The second kappa shape index (κ2) is 6.92. The number of carbonyl (C=O) groups excluding carboxylic acids is 3. The van der Waals surface area contributed by atoms with Crippen molar-refractivity contribution in [1.29, 1.82) is 0 Å². The van der Waals surface area contributed by atoms with Crippen LogP contribution < -0.4 is 0 Å². The molecule has 0 unspecified atom stereocenters. The summed E-state index contributed by atoms with van der Waals surface area (Å²) >= 11 is 0. The highest BCUT2D eigenvalue weighted by Gasteiger charge is 2.80. The third kappa shape index (κ3) is 2.77. The van der Waals surface area contributed by atoms with Gasteiger partial charge in [0.25, 0.3) is 0 Å². The summed E-state index contributed by atoms with van der Waals surface area (Å²) < 4.78 is 22.4. The van der Waals surface area contributed by atoms with E-state index in [1.54, 1.807) is 0 Å². The lowest BCUT2D eigenvalue weighted by Gasteiger charge is -2.52. The van der Waals surface area contributed by atoms with Gasteiger partial charge in [0, 0.05) is 25.7 Å². The molecule has 3 aliphatic carbocycles. The van der Waals surface area contributed by atoms with Crippen LogP contribution in [-0.4, -0.2) is 47.3 Å². The first-order chi connectivity index (χ1) is 14.9. The molecule has 0 radical (unpaired) electrons. The Balaban J connectivity index is 1.61. The Bertz CT molecular complexity index is 853. The van der Waals surface area contributed by atoms with E-state index in [0.29, 0.717) is 5.92 Å². The number of ether oxygens (including phenoxy) is 4. The zero-order valence-electron chi connectivity index (χ0n) is 19.5. The molecule has 0 spiro atoms. The van der Waals surface area contributed by atoms with Crippen LogP contribution in [0.3, 0.4) is 0 Å². The lowest BCUT2D eigenvalue weighted by molar-refractivity contribution is -0.212. The molecule has 2 aliphatic heterocycles. The number of hydrogen-bond donors (Lipinski definition) is 1. The topological polar surface area (TPSA) is 108 Å². The Morgan fingerprint density at radius 3 is 2.38 bits per heavy atom. The molecule has 1 N–H and O–H groups in total. The van der Waals surface area contributed by atoms with Crippen molar-refractivity contribution < 1.29 is 38.4 Å². The van der Waals surface area contributed by atoms with Crippen molar-refractivity contribution in [3.05, 3.63) is 0 Å². The smallest absolute Gasteiger partial charge is 0.344 e. The average Bonchev–Trinajstić information content (AvgIpc) is 3.32. The molecule has 2 heterocycles. The molecule has 5 rings (SSSR count). The lowest BCUT2D eigenvalue weighted by Crippen LogP contribution is -2.53. The molecule has 3 saturated carbocycles. The summed E-state index contributed by atoms with van der Waals surface area (Å²) in [6.45, 7) is 9.55. The maximum absolute atomic E-state index is 12.9. The van der Waals surface area contributed by atoms with Crippen molar-refractivity contribution in [2.24, 2.45) is 40.4 Å². The quantitative estimate of drug-likeness (QED) is 0.516. The second-order valence-electron chi connectivity index (χ2n) is 11.5. The molecule has 5 aliphatic rings. The van der Waals surface area contributed by atoms with Crippen molar-refractivity contribution >= 4 is 17.9 Å². The summed E-state index contributed by atoms with van der Waals surface area (Å²) in [5.74, 6) is -2.92. The fourth-order valence-electron chi connectivity index (χ4n) is 8.55. The highest BCUT2D eigenvalue weighted by Crippen LogP contribution is 2.69. The van der Waals surface area contributed by atoms with E-state index >= 15 is 0 Å². The van der Waals surface area contributed by atoms with E-state index in [1.165, 1.54) is 20.3 Å². The molecule has 2 saturated heterocycles. The number of fused-ring (bicyclic) bond motifs is 1. The van der Waals surface area contributed by atoms with Gasteiger partial charge in [0.2, 0.25) is 18.2 Å². The summed E-state index contributed by atoms with van der Waals surface area (Å²) in [6.07, 6.45) is 2.23. The van der Waals surface area contributed by atoms with Crippen LogP contribution in [0.2, 0.25) is 0 Å². The van der Waals surface area contributed by atoms with Gasteiger partial charge in [-0.2, -0.15) is 0 Å². The summed E-state index contributed by atoms with van der Waals surface area (Å²) in [5, 5.41) is 11.7. The second-order valence-corrected chi connectivity index (χ2v) is 11.5. The van der Waals surface area contributed by atoms with Gasteiger partial charge >= 0.3 is 17.9 Å². The van der Waals surface area contributed by atoms with E-state index in [4.69, 9.17) is 18.9 Å². The molecule has 0 bridgehead atoms. The normalized spacial score (nSPS) is 50.5. The van der Waals surface area contributed by atoms with Gasteiger partial charge < -0.3 is 24.1 Å². The van der Waals surface area contributed by atoms with Crippen LogP contribution in [0.1, 0.15) is 66.7 Å². The number of hydrogen-bond acceptors (Lipinski definition) is 8. The van der Waals surface area contributed by atoms with Crippen molar-refractivity contribution in [2.45, 2.75) is 91.0 Å². The molecule has 178 valence electrons. The minimum Gasteiger partial charge on any atom is -0.458 e. The van der Waals surface area contributed by atoms with Crippen LogP contribution in [0.4, 0.5) is 0 Å². The number of aliphatic hydroxyl groups is 1. The van der Waals surface area contributed by atoms with Crippen LogP contribution in [0, 0.1) is 40.4 Å². The lowest BCUT2D eigenvalue weighted by atomic mass is 9.53. The standard InChI is InChI=1S/C24H34O8/c1-11(25)29-18-15(13-7-8-14-22(3,4)9-6-10-23(13,14)5)16-17-20(31-19(16)30-12(2)26)32-21(27)24(17,18)28/h13-20,28H,6-10H2,1-5H3/t13-,14+,15-,16+,17-,18+,19+,20-,23-,24-/m1/s1. The van der Waals surface area contributed by atoms with Crippen molar-refractivity contribution in [2.75, 3.05) is 0 Å². The zero-order valence-corrected chi connectivity index (χ0v) is 19.5. The summed E-state index contributed by atoms with van der Waals surface area (Å²) in [4.78, 5) is 36.8. The summed E-state index contributed by atoms with van der Waals surface area (Å²) in [6, 6.07) is 0. The van der Waals surface area contributed by atoms with E-state index in [2.05, 4.69) is 20.8 Å². The van der Waals surface area contributed by atoms with Crippen LogP contribution in [0.25, 0.3) is 0 Å². The number of esters is 3. The van der Waals surface area contributed by atoms with Crippen LogP contribution in [-0.2, 0) is 33.3 Å². The Morgan fingerprint density at radius 2 is 1.72 bits per heavy atom. The van der Waals surface area contributed by atoms with Gasteiger partial charge in [-0.05, 0) is 48.3 Å². The molecule has 8 heteroatoms. The molecule has 5 fully saturated rings. The van der Waals surface area contributed by atoms with Gasteiger partial charge in [-0.3, -0.25) is 9.59 Å². The summed E-state index contributed by atoms with van der Waals surface area (Å²) in [5.41, 5.74) is -1.85. The molecule has 0 aromatic rings. The van der Waals surface area contributed by atoms with Gasteiger partial charge in [0.05, 0.1) is 5.92 Å². The third-order valence-electron chi connectivity index (χ3n) is 9.51. The first kappa shape index (κ1) is 22.1. The Morgan fingerprint density at radius 1 is 1.03 bits per heavy atom. The van der Waals surface area contributed by atoms with Crippen molar-refractivity contribution in [3.63, 3.8) is 0 Å². The molecule has 8 nitrogen and oxygen atoms in total. The van der Waals surface area contributed by atoms with E-state index in [-0.39, 0.29) is 22.7 Å². The van der Waals surface area contributed by atoms with Gasteiger partial charge in [-0.15, -0.1) is 0 Å². The first-order valence-electron chi connectivity index (χ1n) is 11.8. The van der Waals surface area contributed by atoms with Crippen LogP contribution in [0.15, 0.2) is 0 Å². The van der Waals surface area contributed by atoms with E-state index in [9.17, 15) is 19.5 Å². The van der Waals surface area contributed by atoms with E-state index in [0.717, 1.165) is 25.7 Å². The minimum atomic E-state index is -2.00. The Kier molecular flexibility index (Phi) is 4.79. The predicted octanol–water partition coefficient (Wildman–Crippen LogP) is 2.56. The van der Waals surface area contributed by atoms with Crippen molar-refractivity contribution in [1.82, 2.24) is 0 Å². The molecule has 0 aromatic heterocycles. The monoisotopic (exact) mass is 450 g/mol. The van der Waals surface area contributed by atoms with E-state index < -0.39 is 54.0 Å². The maximum Gasteiger partial charge on any atom is 0.344 e. The summed E-state index contributed by atoms with van der Waals surface area (Å²) in [7, 11) is 0. The average molecular weight is 451 g/mol. The molecular weight excluding hydrogens is 416 g/mol. The molecule has 10 atom stereocenters. The Hall–Kier alpha value is -1.67. The first-order valence-corrected chi connectivity index (χ1v) is 11.8. The largest absolute Gasteiger partial charge is 0.458 e. The zero-order chi connectivity index (χ0) is 23.2. The molecular formula is C24H34O8. The third-order valence-corrected chi connectivity index (χ3v) is 9.51. The van der Waals surface area contributed by atoms with Crippen LogP contribution in [0.5, 0.6) is 0 Å². The highest BCUT2D eigenvalue weighted by atomic mass is 16.8. The van der Waals surface area contributed by atoms with Gasteiger partial charge in [0.15, 0.2) is 0 Å². The molecule has 0 aromatic carbocycles. The van der Waals surface area contributed by atoms with Gasteiger partial charge in [-0.1, -0.05) is 27.2 Å². The SMILES string of the molecule is CC(=O)O[C@H]1O[C@@H]2OC(=O)[C@@]3(O)[C@@H]2[C@@H]1[C@@H]([C@H]1CC[C@H]2C(C)(C)CCC[C@]12C)[C@@H]3OC(C)=O. The van der Waals surface area contributed by atoms with Crippen molar-refractivity contribution in [3.8, 4) is 0 Å². The fraction of sp³-hybridized carbons (Fsp3) is 0.875. The highest BCUT2D eigenvalue weighted by molar-refractivity contribution is 5.85. The Labute approximate surface area is 188 Å². The number of rotatable bonds is 3. The van der Waals surface area contributed by atoms with E-state index in [1.807, 2.05) is 0 Å². The maximum atomic E-state index is 12.9. The number of carbonyl (C=O) groups is 3. The molecule has 32 heavy (non-hydrogen) atoms. The van der Waals surface area contributed by atoms with Gasteiger partial charge in [-0.25, -0.2) is 4.79 Å². The molecule has 0 amide bonds. The minimum absolute atomic E-state index is 0.0391. The van der Waals surface area contributed by atoms with Gasteiger partial charge in [0.1, 0.15) is 6.10 Å². The fourth-order valence-corrected chi connectivity index (χ4v) is 8.55. The van der Waals surface area contributed by atoms with Crippen LogP contribution >= 0.6 is 0 Å².